The molecule has 1 amide bonds. The van der Waals surface area contributed by atoms with Crippen LogP contribution in [0.5, 0.6) is 0 Å². The third-order valence-corrected chi connectivity index (χ3v) is 3.53. The molecule has 1 heterocycles. The van der Waals surface area contributed by atoms with Gasteiger partial charge in [0.2, 0.25) is 5.91 Å². The van der Waals surface area contributed by atoms with Crippen LogP contribution in [0.2, 0.25) is 0 Å². The van der Waals surface area contributed by atoms with E-state index < -0.39 is 6.04 Å². The first-order valence-electron chi connectivity index (χ1n) is 5.89. The molecule has 1 aromatic rings. The van der Waals surface area contributed by atoms with Gasteiger partial charge in [-0.25, -0.2) is 0 Å². The van der Waals surface area contributed by atoms with E-state index in [1.807, 2.05) is 17.5 Å². The van der Waals surface area contributed by atoms with Crippen LogP contribution in [0.1, 0.15) is 30.7 Å². The van der Waals surface area contributed by atoms with Crippen LogP contribution < -0.4 is 5.73 Å². The molecule has 0 aliphatic heterocycles. The maximum absolute atomic E-state index is 12.1. The summed E-state index contributed by atoms with van der Waals surface area (Å²) in [4.78, 5) is 14.7. The highest BCUT2D eigenvalue weighted by atomic mass is 32.1. The second kappa shape index (κ2) is 7.42. The Morgan fingerprint density at radius 1 is 1.59 bits per heavy atom. The molecule has 0 radical (unpaired) electrons. The zero-order valence-electron chi connectivity index (χ0n) is 10.1. The molecule has 0 aliphatic carbocycles. The van der Waals surface area contributed by atoms with Crippen LogP contribution in [0.4, 0.5) is 0 Å². The molecule has 0 aromatic carbocycles. The lowest BCUT2D eigenvalue weighted by molar-refractivity contribution is -0.133. The smallest absolute Gasteiger partial charge is 0.244 e. The van der Waals surface area contributed by atoms with E-state index >= 15 is 0 Å². The van der Waals surface area contributed by atoms with E-state index in [-0.39, 0.29) is 12.5 Å². The van der Waals surface area contributed by atoms with Crippen molar-refractivity contribution in [1.82, 2.24) is 4.90 Å². The summed E-state index contributed by atoms with van der Waals surface area (Å²) in [6.45, 7) is 3.07. The molecule has 0 fully saturated rings. The van der Waals surface area contributed by atoms with Crippen molar-refractivity contribution in [2.45, 2.75) is 25.8 Å². The first-order chi connectivity index (χ1) is 8.20. The lowest BCUT2D eigenvalue weighted by atomic mass is 10.2. The van der Waals surface area contributed by atoms with E-state index in [9.17, 15) is 4.79 Å². The van der Waals surface area contributed by atoms with Crippen molar-refractivity contribution in [1.29, 1.82) is 0 Å². The largest absolute Gasteiger partial charge is 0.395 e. The van der Waals surface area contributed by atoms with Crippen LogP contribution in [0, 0.1) is 0 Å². The number of aliphatic hydroxyl groups excluding tert-OH is 1. The summed E-state index contributed by atoms with van der Waals surface area (Å²) in [5.41, 5.74) is 5.92. The van der Waals surface area contributed by atoms with Crippen molar-refractivity contribution in [3.8, 4) is 0 Å². The Morgan fingerprint density at radius 3 is 2.88 bits per heavy atom. The Morgan fingerprint density at radius 2 is 2.35 bits per heavy atom. The number of hydrogen-bond acceptors (Lipinski definition) is 4. The summed E-state index contributed by atoms with van der Waals surface area (Å²) in [6.07, 6.45) is 1.95. The average Bonchev–Trinajstić information content (AvgIpc) is 2.86. The summed E-state index contributed by atoms with van der Waals surface area (Å²) in [6, 6.07) is 3.15. The van der Waals surface area contributed by atoms with Crippen LogP contribution in [-0.2, 0) is 4.79 Å². The van der Waals surface area contributed by atoms with Gasteiger partial charge in [0.15, 0.2) is 0 Å². The number of amides is 1. The zero-order chi connectivity index (χ0) is 12.7. The van der Waals surface area contributed by atoms with E-state index in [1.54, 1.807) is 4.90 Å². The van der Waals surface area contributed by atoms with Crippen molar-refractivity contribution in [3.05, 3.63) is 22.4 Å². The predicted octanol–water partition coefficient (Wildman–Crippen LogP) is 1.37. The van der Waals surface area contributed by atoms with Gasteiger partial charge in [-0.1, -0.05) is 19.4 Å². The number of nitrogens with two attached hydrogens (primary N) is 1. The molecular weight excluding hydrogens is 236 g/mol. The first kappa shape index (κ1) is 14.2. The monoisotopic (exact) mass is 256 g/mol. The van der Waals surface area contributed by atoms with Crippen molar-refractivity contribution in [2.75, 3.05) is 19.7 Å². The Kier molecular flexibility index (Phi) is 6.18. The number of aliphatic hydroxyl groups is 1. The van der Waals surface area contributed by atoms with Gasteiger partial charge in [-0.05, 0) is 17.9 Å². The van der Waals surface area contributed by atoms with Gasteiger partial charge in [0.25, 0.3) is 0 Å². The fraction of sp³-hybridized carbons (Fsp3) is 0.583. The van der Waals surface area contributed by atoms with Crippen molar-refractivity contribution >= 4 is 17.2 Å². The van der Waals surface area contributed by atoms with E-state index in [2.05, 4.69) is 6.92 Å². The van der Waals surface area contributed by atoms with Crippen molar-refractivity contribution < 1.29 is 9.90 Å². The molecule has 0 spiro atoms. The highest BCUT2D eigenvalue weighted by Gasteiger charge is 2.22. The Hall–Kier alpha value is -0.910. The van der Waals surface area contributed by atoms with Crippen LogP contribution in [-0.4, -0.2) is 35.6 Å². The summed E-state index contributed by atoms with van der Waals surface area (Å²) >= 11 is 1.48. The molecule has 1 atom stereocenters. The minimum atomic E-state index is -0.599. The Balaban J connectivity index is 2.63. The molecular formula is C12H20N2O2S. The molecule has 3 N–H and O–H groups in total. The Labute approximate surface area is 106 Å². The van der Waals surface area contributed by atoms with Crippen LogP contribution in [0.3, 0.4) is 0 Å². The first-order valence-corrected chi connectivity index (χ1v) is 6.77. The number of hydrogen-bond donors (Lipinski definition) is 2. The molecule has 17 heavy (non-hydrogen) atoms. The SMILES string of the molecule is CCCCN(CCO)C(=O)C(N)c1cccs1. The molecule has 4 nitrogen and oxygen atoms in total. The Bertz CT molecular complexity index is 327. The van der Waals surface area contributed by atoms with Gasteiger partial charge in [0, 0.05) is 18.0 Å². The van der Waals surface area contributed by atoms with Gasteiger partial charge < -0.3 is 15.7 Å². The molecule has 1 aromatic heterocycles. The van der Waals surface area contributed by atoms with Crippen LogP contribution in [0.25, 0.3) is 0 Å². The molecule has 0 bridgehead atoms. The molecule has 0 saturated heterocycles. The highest BCUT2D eigenvalue weighted by Crippen LogP contribution is 2.18. The summed E-state index contributed by atoms with van der Waals surface area (Å²) < 4.78 is 0. The summed E-state index contributed by atoms with van der Waals surface area (Å²) in [5.74, 6) is -0.102. The lowest BCUT2D eigenvalue weighted by Gasteiger charge is -2.24. The van der Waals surface area contributed by atoms with Crippen molar-refractivity contribution in [3.63, 3.8) is 0 Å². The van der Waals surface area contributed by atoms with E-state index in [0.29, 0.717) is 13.1 Å². The maximum Gasteiger partial charge on any atom is 0.244 e. The molecule has 5 heteroatoms. The number of thiophene rings is 1. The summed E-state index contributed by atoms with van der Waals surface area (Å²) in [7, 11) is 0. The quantitative estimate of drug-likeness (QED) is 0.774. The number of carbonyl (C=O) groups excluding carboxylic acids is 1. The number of carbonyl (C=O) groups is 1. The minimum Gasteiger partial charge on any atom is -0.395 e. The third kappa shape index (κ3) is 4.11. The molecule has 1 unspecified atom stereocenters. The topological polar surface area (TPSA) is 66.6 Å². The second-order valence-corrected chi connectivity index (χ2v) is 4.87. The van der Waals surface area contributed by atoms with E-state index in [0.717, 1.165) is 17.7 Å². The predicted molar refractivity (Wildman–Crippen MR) is 69.8 cm³/mol. The average molecular weight is 256 g/mol. The van der Waals surface area contributed by atoms with E-state index in [4.69, 9.17) is 10.8 Å². The van der Waals surface area contributed by atoms with Gasteiger partial charge >= 0.3 is 0 Å². The second-order valence-electron chi connectivity index (χ2n) is 3.90. The number of unbranched alkanes of at least 4 members (excludes halogenated alkanes) is 1. The number of nitrogens with zero attached hydrogens (tertiary/aromatic N) is 1. The van der Waals surface area contributed by atoms with E-state index in [1.165, 1.54) is 11.3 Å². The lowest BCUT2D eigenvalue weighted by Crippen LogP contribution is -2.40. The fourth-order valence-corrected chi connectivity index (χ4v) is 2.31. The minimum absolute atomic E-state index is 0.0212. The molecule has 0 saturated carbocycles. The van der Waals surface area contributed by atoms with Gasteiger partial charge in [-0.2, -0.15) is 0 Å². The van der Waals surface area contributed by atoms with Gasteiger partial charge in [-0.15, -0.1) is 11.3 Å². The normalized spacial score (nSPS) is 12.4. The van der Waals surface area contributed by atoms with Gasteiger partial charge in [0.1, 0.15) is 6.04 Å². The number of rotatable bonds is 7. The third-order valence-electron chi connectivity index (χ3n) is 2.58. The van der Waals surface area contributed by atoms with Crippen molar-refractivity contribution in [2.24, 2.45) is 5.73 Å². The standard InChI is InChI=1S/C12H20N2O2S/c1-2-3-6-14(7-8-15)12(16)11(13)10-5-4-9-17-10/h4-5,9,11,15H,2-3,6-8,13H2,1H3. The highest BCUT2D eigenvalue weighted by molar-refractivity contribution is 7.10. The van der Waals surface area contributed by atoms with Crippen LogP contribution in [0.15, 0.2) is 17.5 Å². The zero-order valence-corrected chi connectivity index (χ0v) is 10.9. The molecule has 1 rings (SSSR count). The fourth-order valence-electron chi connectivity index (χ4n) is 1.59. The summed E-state index contributed by atoms with van der Waals surface area (Å²) in [5, 5.41) is 10.9. The van der Waals surface area contributed by atoms with Crippen LogP contribution >= 0.6 is 11.3 Å². The van der Waals surface area contributed by atoms with Gasteiger partial charge in [0.05, 0.1) is 6.61 Å². The van der Waals surface area contributed by atoms with Gasteiger partial charge in [-0.3, -0.25) is 4.79 Å². The molecule has 0 aliphatic rings. The maximum atomic E-state index is 12.1. The molecule has 96 valence electrons.